The second kappa shape index (κ2) is 8.51. The molecule has 0 radical (unpaired) electrons. The topological polar surface area (TPSA) is 58.6 Å². The van der Waals surface area contributed by atoms with Crippen LogP contribution in [-0.4, -0.2) is 53.6 Å². The lowest BCUT2D eigenvalue weighted by molar-refractivity contribution is -0.130. The molecular formula is C15H28N2O3S. The van der Waals surface area contributed by atoms with Gasteiger partial charge in [0.05, 0.1) is 5.75 Å². The fourth-order valence-electron chi connectivity index (χ4n) is 2.21. The second-order valence-electron chi connectivity index (χ2n) is 6.57. The SMILES string of the molecule is CC1CCCN(C(=O)CSCCNC(=O)OC(C)(C)C)C1. The smallest absolute Gasteiger partial charge is 0.407 e. The Hall–Kier alpha value is -0.910. The first kappa shape index (κ1) is 18.1. The van der Waals surface area contributed by atoms with E-state index in [4.69, 9.17) is 4.74 Å². The third-order valence-corrected chi connectivity index (χ3v) is 4.09. The van der Waals surface area contributed by atoms with E-state index >= 15 is 0 Å². The van der Waals surface area contributed by atoms with Gasteiger partial charge in [0.2, 0.25) is 5.91 Å². The van der Waals surface area contributed by atoms with E-state index in [2.05, 4.69) is 12.2 Å². The molecule has 0 aromatic carbocycles. The number of carbonyl (C=O) groups is 2. The first-order valence-corrected chi connectivity index (χ1v) is 8.76. The van der Waals surface area contributed by atoms with Gasteiger partial charge in [-0.15, -0.1) is 0 Å². The number of nitrogens with one attached hydrogen (secondary N) is 1. The van der Waals surface area contributed by atoms with Gasteiger partial charge >= 0.3 is 6.09 Å². The number of piperidine rings is 1. The Labute approximate surface area is 132 Å². The average Bonchev–Trinajstić information content (AvgIpc) is 2.36. The molecule has 6 heteroatoms. The van der Waals surface area contributed by atoms with Crippen LogP contribution in [0, 0.1) is 5.92 Å². The van der Waals surface area contributed by atoms with E-state index < -0.39 is 11.7 Å². The Bertz CT molecular complexity index is 355. The van der Waals surface area contributed by atoms with Crippen LogP contribution < -0.4 is 5.32 Å². The standard InChI is InChI=1S/C15H28N2O3S/c1-12-6-5-8-17(10-12)13(18)11-21-9-7-16-14(19)20-15(2,3)4/h12H,5-11H2,1-4H3,(H,16,19). The predicted molar refractivity (Wildman–Crippen MR) is 86.5 cm³/mol. The third-order valence-electron chi connectivity index (χ3n) is 3.15. The van der Waals surface area contributed by atoms with Crippen LogP contribution in [-0.2, 0) is 9.53 Å². The lowest BCUT2D eigenvalue weighted by Crippen LogP contribution is -2.40. The van der Waals surface area contributed by atoms with Crippen LogP contribution in [0.25, 0.3) is 0 Å². The zero-order chi connectivity index (χ0) is 15.9. The molecule has 0 aromatic heterocycles. The van der Waals surface area contributed by atoms with Crippen molar-refractivity contribution in [3.8, 4) is 0 Å². The van der Waals surface area contributed by atoms with Crippen LogP contribution in [0.1, 0.15) is 40.5 Å². The monoisotopic (exact) mass is 316 g/mol. The van der Waals surface area contributed by atoms with Gasteiger partial charge in [-0.25, -0.2) is 4.79 Å². The highest BCUT2D eigenvalue weighted by molar-refractivity contribution is 7.99. The molecule has 1 fully saturated rings. The lowest BCUT2D eigenvalue weighted by Gasteiger charge is -2.30. The summed E-state index contributed by atoms with van der Waals surface area (Å²) in [6.07, 6.45) is 1.92. The largest absolute Gasteiger partial charge is 0.444 e. The van der Waals surface area contributed by atoms with E-state index in [1.165, 1.54) is 6.42 Å². The Morgan fingerprint density at radius 3 is 2.71 bits per heavy atom. The number of hydrogen-bond acceptors (Lipinski definition) is 4. The maximum atomic E-state index is 12.0. The number of nitrogens with zero attached hydrogens (tertiary/aromatic N) is 1. The Morgan fingerprint density at radius 1 is 1.38 bits per heavy atom. The minimum absolute atomic E-state index is 0.212. The van der Waals surface area contributed by atoms with Crippen molar-refractivity contribution in [3.63, 3.8) is 0 Å². The second-order valence-corrected chi connectivity index (χ2v) is 7.67. The third kappa shape index (κ3) is 8.19. The molecular weight excluding hydrogens is 288 g/mol. The summed E-state index contributed by atoms with van der Waals surface area (Å²) < 4.78 is 5.14. The summed E-state index contributed by atoms with van der Waals surface area (Å²) in [5, 5.41) is 2.69. The normalized spacial score (nSPS) is 19.2. The van der Waals surface area contributed by atoms with E-state index in [1.807, 2.05) is 25.7 Å². The highest BCUT2D eigenvalue weighted by Crippen LogP contribution is 2.16. The van der Waals surface area contributed by atoms with Crippen LogP contribution in [0.5, 0.6) is 0 Å². The van der Waals surface area contributed by atoms with Gasteiger partial charge in [-0.3, -0.25) is 4.79 Å². The van der Waals surface area contributed by atoms with Crippen LogP contribution >= 0.6 is 11.8 Å². The van der Waals surface area contributed by atoms with Crippen molar-refractivity contribution in [2.75, 3.05) is 31.1 Å². The fourth-order valence-corrected chi connectivity index (χ4v) is 2.95. The number of likely N-dealkylation sites (tertiary alicyclic amines) is 1. The molecule has 0 aliphatic carbocycles. The number of thioether (sulfide) groups is 1. The van der Waals surface area contributed by atoms with E-state index in [1.54, 1.807) is 11.8 Å². The summed E-state index contributed by atoms with van der Waals surface area (Å²) in [5.41, 5.74) is -0.474. The number of alkyl carbamates (subject to hydrolysis) is 1. The quantitative estimate of drug-likeness (QED) is 0.792. The van der Waals surface area contributed by atoms with Crippen molar-refractivity contribution in [1.29, 1.82) is 0 Å². The van der Waals surface area contributed by atoms with Gasteiger partial charge in [0.1, 0.15) is 5.60 Å². The van der Waals surface area contributed by atoms with Crippen LogP contribution in [0.4, 0.5) is 4.79 Å². The molecule has 1 aliphatic heterocycles. The minimum Gasteiger partial charge on any atom is -0.444 e. The fraction of sp³-hybridized carbons (Fsp3) is 0.867. The number of hydrogen-bond donors (Lipinski definition) is 1. The summed E-state index contributed by atoms with van der Waals surface area (Å²) in [6, 6.07) is 0. The first-order valence-electron chi connectivity index (χ1n) is 7.60. The summed E-state index contributed by atoms with van der Waals surface area (Å²) >= 11 is 1.55. The molecule has 0 aromatic rings. The summed E-state index contributed by atoms with van der Waals surface area (Å²) in [7, 11) is 0. The molecule has 0 spiro atoms. The van der Waals surface area contributed by atoms with Crippen molar-refractivity contribution in [2.24, 2.45) is 5.92 Å². The first-order chi connectivity index (χ1) is 9.78. The van der Waals surface area contributed by atoms with Crippen molar-refractivity contribution in [3.05, 3.63) is 0 Å². The minimum atomic E-state index is -0.474. The Morgan fingerprint density at radius 2 is 2.10 bits per heavy atom. The molecule has 1 saturated heterocycles. The number of rotatable bonds is 5. The molecule has 2 amide bonds. The van der Waals surface area contributed by atoms with Crippen molar-refractivity contribution in [1.82, 2.24) is 10.2 Å². The van der Waals surface area contributed by atoms with Gasteiger partial charge in [0, 0.05) is 25.4 Å². The van der Waals surface area contributed by atoms with E-state index in [-0.39, 0.29) is 5.91 Å². The molecule has 1 heterocycles. The number of amides is 2. The average molecular weight is 316 g/mol. The maximum absolute atomic E-state index is 12.0. The predicted octanol–water partition coefficient (Wildman–Crippen LogP) is 2.50. The van der Waals surface area contributed by atoms with E-state index in [0.717, 1.165) is 19.5 Å². The van der Waals surface area contributed by atoms with Gasteiger partial charge in [0.25, 0.3) is 0 Å². The molecule has 1 N–H and O–H groups in total. The highest BCUT2D eigenvalue weighted by Gasteiger charge is 2.20. The van der Waals surface area contributed by atoms with Gasteiger partial charge in [-0.05, 0) is 39.5 Å². The van der Waals surface area contributed by atoms with Crippen LogP contribution in [0.2, 0.25) is 0 Å². The van der Waals surface area contributed by atoms with Gasteiger partial charge in [-0.1, -0.05) is 6.92 Å². The van der Waals surface area contributed by atoms with Gasteiger partial charge in [0.15, 0.2) is 0 Å². The Balaban J connectivity index is 2.08. The molecule has 21 heavy (non-hydrogen) atoms. The molecule has 5 nitrogen and oxygen atoms in total. The van der Waals surface area contributed by atoms with Gasteiger partial charge < -0.3 is 15.0 Å². The lowest BCUT2D eigenvalue weighted by atomic mass is 10.0. The zero-order valence-electron chi connectivity index (χ0n) is 13.6. The van der Waals surface area contributed by atoms with E-state index in [0.29, 0.717) is 24.0 Å². The molecule has 1 rings (SSSR count). The molecule has 1 unspecified atom stereocenters. The summed E-state index contributed by atoms with van der Waals surface area (Å²) in [6.45, 7) is 9.98. The van der Waals surface area contributed by atoms with Gasteiger partial charge in [-0.2, -0.15) is 11.8 Å². The van der Waals surface area contributed by atoms with Crippen molar-refractivity contribution in [2.45, 2.75) is 46.1 Å². The van der Waals surface area contributed by atoms with Crippen molar-refractivity contribution < 1.29 is 14.3 Å². The van der Waals surface area contributed by atoms with Crippen molar-refractivity contribution >= 4 is 23.8 Å². The molecule has 1 aliphatic rings. The molecule has 0 saturated carbocycles. The Kier molecular flexibility index (Phi) is 7.35. The zero-order valence-corrected chi connectivity index (χ0v) is 14.4. The maximum Gasteiger partial charge on any atom is 0.407 e. The number of carbonyl (C=O) groups excluding carboxylic acids is 2. The molecule has 1 atom stereocenters. The molecule has 122 valence electrons. The summed E-state index contributed by atoms with van der Waals surface area (Å²) in [4.78, 5) is 25.4. The van der Waals surface area contributed by atoms with Crippen LogP contribution in [0.3, 0.4) is 0 Å². The highest BCUT2D eigenvalue weighted by atomic mass is 32.2. The van der Waals surface area contributed by atoms with E-state index in [9.17, 15) is 9.59 Å². The molecule has 0 bridgehead atoms. The number of ether oxygens (including phenoxy) is 1. The van der Waals surface area contributed by atoms with Crippen LogP contribution in [0.15, 0.2) is 0 Å². The summed E-state index contributed by atoms with van der Waals surface area (Å²) in [5.74, 6) is 2.03.